The predicted octanol–water partition coefficient (Wildman–Crippen LogP) is 4.94. The molecular formula is C14H14Br2N2O. The number of anilines is 3. The molecule has 3 nitrogen and oxygen atoms in total. The van der Waals surface area contributed by atoms with Gasteiger partial charge >= 0.3 is 0 Å². The molecule has 0 bridgehead atoms. The number of rotatable bonds is 4. The molecule has 0 aliphatic rings. The first-order chi connectivity index (χ1) is 9.13. The first-order valence-electron chi connectivity index (χ1n) is 5.85. The number of nitrogens with two attached hydrogens (primary N) is 1. The monoisotopic (exact) mass is 384 g/mol. The zero-order valence-electron chi connectivity index (χ0n) is 10.4. The van der Waals surface area contributed by atoms with E-state index in [1.165, 1.54) is 0 Å². The largest absolute Gasteiger partial charge is 0.492 e. The molecule has 0 spiro atoms. The molecule has 0 radical (unpaired) electrons. The van der Waals surface area contributed by atoms with Gasteiger partial charge in [0.05, 0.1) is 23.7 Å². The highest BCUT2D eigenvalue weighted by atomic mass is 79.9. The molecule has 2 aromatic rings. The average Bonchev–Trinajstić information content (AvgIpc) is 2.38. The Balaban J connectivity index is 2.36. The summed E-state index contributed by atoms with van der Waals surface area (Å²) in [5.74, 6) is 0.690. The van der Waals surface area contributed by atoms with Gasteiger partial charge in [-0.05, 0) is 63.0 Å². The van der Waals surface area contributed by atoms with Gasteiger partial charge in [-0.1, -0.05) is 12.1 Å². The van der Waals surface area contributed by atoms with E-state index in [2.05, 4.69) is 37.2 Å². The predicted molar refractivity (Wildman–Crippen MR) is 87.1 cm³/mol. The molecule has 0 aliphatic carbocycles. The maximum atomic E-state index is 6.10. The normalized spacial score (nSPS) is 10.3. The van der Waals surface area contributed by atoms with Crippen LogP contribution in [0.1, 0.15) is 6.92 Å². The molecule has 100 valence electrons. The van der Waals surface area contributed by atoms with Gasteiger partial charge in [0.15, 0.2) is 0 Å². The van der Waals surface area contributed by atoms with Crippen molar-refractivity contribution in [2.45, 2.75) is 6.92 Å². The smallest absolute Gasteiger partial charge is 0.144 e. The molecule has 0 heterocycles. The van der Waals surface area contributed by atoms with E-state index in [1.54, 1.807) is 0 Å². The third kappa shape index (κ3) is 3.22. The number of hydrogen-bond donors (Lipinski definition) is 2. The number of ether oxygens (including phenoxy) is 1. The van der Waals surface area contributed by atoms with E-state index in [0.717, 1.165) is 20.3 Å². The quantitative estimate of drug-likeness (QED) is 0.733. The summed E-state index contributed by atoms with van der Waals surface area (Å²) in [6.07, 6.45) is 0. The molecular weight excluding hydrogens is 372 g/mol. The molecule has 0 aromatic heterocycles. The molecule has 3 N–H and O–H groups in total. The molecule has 0 amide bonds. The topological polar surface area (TPSA) is 47.3 Å². The van der Waals surface area contributed by atoms with Gasteiger partial charge in [0.1, 0.15) is 5.75 Å². The molecule has 0 fully saturated rings. The maximum Gasteiger partial charge on any atom is 0.144 e. The molecule has 19 heavy (non-hydrogen) atoms. The fourth-order valence-electron chi connectivity index (χ4n) is 1.69. The van der Waals surface area contributed by atoms with Crippen LogP contribution in [0.5, 0.6) is 5.75 Å². The molecule has 2 aromatic carbocycles. The molecule has 0 saturated carbocycles. The van der Waals surface area contributed by atoms with Crippen molar-refractivity contribution in [1.82, 2.24) is 0 Å². The van der Waals surface area contributed by atoms with Crippen LogP contribution in [0.15, 0.2) is 45.3 Å². The number of benzene rings is 2. The van der Waals surface area contributed by atoms with E-state index in [1.807, 2.05) is 43.3 Å². The van der Waals surface area contributed by atoms with Gasteiger partial charge in [-0.3, -0.25) is 0 Å². The van der Waals surface area contributed by atoms with Crippen LogP contribution in [-0.4, -0.2) is 6.61 Å². The Labute approximate surface area is 129 Å². The zero-order valence-corrected chi connectivity index (χ0v) is 13.6. The Morgan fingerprint density at radius 3 is 2.37 bits per heavy atom. The molecule has 5 heteroatoms. The molecule has 2 rings (SSSR count). The van der Waals surface area contributed by atoms with Crippen LogP contribution in [0.4, 0.5) is 17.1 Å². The fraction of sp³-hybridized carbons (Fsp3) is 0.143. The van der Waals surface area contributed by atoms with Gasteiger partial charge in [0, 0.05) is 8.95 Å². The Hall–Kier alpha value is -1.20. The van der Waals surface area contributed by atoms with Crippen LogP contribution < -0.4 is 15.8 Å². The van der Waals surface area contributed by atoms with Crippen LogP contribution >= 0.6 is 31.9 Å². The standard InChI is InChI=1S/C14H14Br2N2O/c1-2-19-12-8-4-7-11(13(12)17)18-14-9(15)5-3-6-10(14)16/h3-8,18H,2,17H2,1H3. The van der Waals surface area contributed by atoms with E-state index in [-0.39, 0.29) is 0 Å². The van der Waals surface area contributed by atoms with E-state index in [0.29, 0.717) is 18.0 Å². The first kappa shape index (κ1) is 14.2. The van der Waals surface area contributed by atoms with Crippen molar-refractivity contribution in [3.8, 4) is 5.75 Å². The lowest BCUT2D eigenvalue weighted by atomic mass is 10.2. The van der Waals surface area contributed by atoms with Crippen LogP contribution in [0.3, 0.4) is 0 Å². The lowest BCUT2D eigenvalue weighted by Crippen LogP contribution is -2.01. The maximum absolute atomic E-state index is 6.10. The fourth-order valence-corrected chi connectivity index (χ4v) is 2.88. The SMILES string of the molecule is CCOc1cccc(Nc2c(Br)cccc2Br)c1N. The van der Waals surface area contributed by atoms with Crippen molar-refractivity contribution < 1.29 is 4.74 Å². The molecule has 0 saturated heterocycles. The van der Waals surface area contributed by atoms with E-state index >= 15 is 0 Å². The zero-order chi connectivity index (χ0) is 13.8. The summed E-state index contributed by atoms with van der Waals surface area (Å²) in [5.41, 5.74) is 8.45. The van der Waals surface area contributed by atoms with Gasteiger partial charge in [-0.2, -0.15) is 0 Å². The number of nitrogen functional groups attached to an aromatic ring is 1. The second kappa shape index (κ2) is 6.30. The minimum atomic E-state index is 0.590. The third-order valence-electron chi connectivity index (χ3n) is 2.59. The van der Waals surface area contributed by atoms with E-state index in [4.69, 9.17) is 10.5 Å². The first-order valence-corrected chi connectivity index (χ1v) is 7.44. The number of hydrogen-bond acceptors (Lipinski definition) is 3. The minimum Gasteiger partial charge on any atom is -0.492 e. The number of nitrogens with one attached hydrogen (secondary N) is 1. The summed E-state index contributed by atoms with van der Waals surface area (Å²) in [6, 6.07) is 11.6. The lowest BCUT2D eigenvalue weighted by molar-refractivity contribution is 0.342. The van der Waals surface area contributed by atoms with E-state index < -0.39 is 0 Å². The van der Waals surface area contributed by atoms with Gasteiger partial charge < -0.3 is 15.8 Å². The third-order valence-corrected chi connectivity index (χ3v) is 3.91. The van der Waals surface area contributed by atoms with Crippen LogP contribution in [-0.2, 0) is 0 Å². The molecule has 0 atom stereocenters. The summed E-state index contributed by atoms with van der Waals surface area (Å²) in [6.45, 7) is 2.52. The summed E-state index contributed by atoms with van der Waals surface area (Å²) in [5, 5.41) is 3.31. The van der Waals surface area contributed by atoms with Crippen LogP contribution in [0.2, 0.25) is 0 Å². The van der Waals surface area contributed by atoms with Gasteiger partial charge in [-0.15, -0.1) is 0 Å². The number of halogens is 2. The van der Waals surface area contributed by atoms with Crippen molar-refractivity contribution in [3.63, 3.8) is 0 Å². The van der Waals surface area contributed by atoms with E-state index in [9.17, 15) is 0 Å². The number of para-hydroxylation sites is 2. The molecule has 0 unspecified atom stereocenters. The summed E-state index contributed by atoms with van der Waals surface area (Å²) >= 11 is 7.03. The summed E-state index contributed by atoms with van der Waals surface area (Å²) < 4.78 is 7.41. The average molecular weight is 386 g/mol. The van der Waals surface area contributed by atoms with Crippen molar-refractivity contribution in [3.05, 3.63) is 45.3 Å². The van der Waals surface area contributed by atoms with Crippen molar-refractivity contribution >= 4 is 48.9 Å². The second-order valence-electron chi connectivity index (χ2n) is 3.87. The Kier molecular flexibility index (Phi) is 4.71. The highest BCUT2D eigenvalue weighted by Crippen LogP contribution is 2.37. The highest BCUT2D eigenvalue weighted by Gasteiger charge is 2.09. The highest BCUT2D eigenvalue weighted by molar-refractivity contribution is 9.11. The Morgan fingerprint density at radius 1 is 1.11 bits per heavy atom. The summed E-state index contributed by atoms with van der Waals surface area (Å²) in [7, 11) is 0. The van der Waals surface area contributed by atoms with Gasteiger partial charge in [-0.25, -0.2) is 0 Å². The van der Waals surface area contributed by atoms with Crippen LogP contribution in [0.25, 0.3) is 0 Å². The van der Waals surface area contributed by atoms with Crippen LogP contribution in [0, 0.1) is 0 Å². The Morgan fingerprint density at radius 2 is 1.74 bits per heavy atom. The van der Waals surface area contributed by atoms with Crippen molar-refractivity contribution in [1.29, 1.82) is 0 Å². The second-order valence-corrected chi connectivity index (χ2v) is 5.58. The lowest BCUT2D eigenvalue weighted by Gasteiger charge is -2.15. The van der Waals surface area contributed by atoms with Gasteiger partial charge in [0.2, 0.25) is 0 Å². The molecule has 0 aliphatic heterocycles. The minimum absolute atomic E-state index is 0.590. The summed E-state index contributed by atoms with van der Waals surface area (Å²) in [4.78, 5) is 0. The van der Waals surface area contributed by atoms with Gasteiger partial charge in [0.25, 0.3) is 0 Å². The van der Waals surface area contributed by atoms with Crippen molar-refractivity contribution in [2.75, 3.05) is 17.7 Å². The van der Waals surface area contributed by atoms with Crippen molar-refractivity contribution in [2.24, 2.45) is 0 Å². The Bertz CT molecular complexity index is 567.